The summed E-state index contributed by atoms with van der Waals surface area (Å²) in [6, 6.07) is 5.66. The third-order valence-corrected chi connectivity index (χ3v) is 8.19. The van der Waals surface area contributed by atoms with Crippen molar-refractivity contribution in [3.05, 3.63) is 36.2 Å². The number of amides is 2. The van der Waals surface area contributed by atoms with Crippen LogP contribution in [0.15, 0.2) is 30.6 Å². The molecule has 2 aromatic rings. The molecule has 0 radical (unpaired) electrons. The van der Waals surface area contributed by atoms with Crippen molar-refractivity contribution in [2.75, 3.05) is 6.54 Å². The number of rotatable bonds is 5. The Balaban J connectivity index is 1.14. The molecule has 6 nitrogen and oxygen atoms in total. The molecule has 3 fully saturated rings. The van der Waals surface area contributed by atoms with Crippen LogP contribution in [-0.4, -0.2) is 34.0 Å². The van der Waals surface area contributed by atoms with Gasteiger partial charge >= 0.3 is 0 Å². The van der Waals surface area contributed by atoms with Gasteiger partial charge in [-0.25, -0.2) is 4.52 Å². The summed E-state index contributed by atoms with van der Waals surface area (Å²) in [4.78, 5) is 25.6. The number of fused-ring (bicyclic) bond motifs is 2. The van der Waals surface area contributed by atoms with Crippen LogP contribution in [0, 0.1) is 29.1 Å². The highest BCUT2D eigenvalue weighted by Crippen LogP contribution is 2.54. The maximum Gasteiger partial charge on any atom is 0.253 e. The molecule has 30 heavy (non-hydrogen) atoms. The van der Waals surface area contributed by atoms with Crippen LogP contribution in [-0.2, 0) is 4.79 Å². The third-order valence-electron chi connectivity index (χ3n) is 8.19. The predicted molar refractivity (Wildman–Crippen MR) is 115 cm³/mol. The van der Waals surface area contributed by atoms with Gasteiger partial charge in [-0.3, -0.25) is 9.59 Å². The Morgan fingerprint density at radius 1 is 1.17 bits per heavy atom. The maximum absolute atomic E-state index is 12.9. The Labute approximate surface area is 177 Å². The van der Waals surface area contributed by atoms with E-state index in [1.165, 1.54) is 32.1 Å². The molecule has 160 valence electrons. The minimum Gasteiger partial charge on any atom is -0.356 e. The van der Waals surface area contributed by atoms with Gasteiger partial charge in [-0.15, -0.1) is 0 Å². The van der Waals surface area contributed by atoms with Crippen molar-refractivity contribution in [1.29, 1.82) is 0 Å². The predicted octanol–water partition coefficient (Wildman–Crippen LogP) is 3.42. The lowest BCUT2D eigenvalue weighted by Crippen LogP contribution is -2.60. The van der Waals surface area contributed by atoms with Gasteiger partial charge in [0.05, 0.1) is 17.3 Å². The molecule has 0 spiro atoms. The van der Waals surface area contributed by atoms with Crippen molar-refractivity contribution < 1.29 is 9.59 Å². The van der Waals surface area contributed by atoms with Crippen molar-refractivity contribution in [2.45, 2.75) is 58.4 Å². The lowest BCUT2D eigenvalue weighted by molar-refractivity contribution is -0.124. The monoisotopic (exact) mass is 408 g/mol. The highest BCUT2D eigenvalue weighted by Gasteiger charge is 2.54. The van der Waals surface area contributed by atoms with Gasteiger partial charge < -0.3 is 10.6 Å². The normalized spacial score (nSPS) is 31.9. The molecule has 0 saturated heterocycles. The first-order valence-electron chi connectivity index (χ1n) is 11.5. The molecule has 0 aromatic carbocycles. The Kier molecular flexibility index (Phi) is 4.83. The first kappa shape index (κ1) is 19.6. The summed E-state index contributed by atoms with van der Waals surface area (Å²) in [5.41, 5.74) is 1.43. The van der Waals surface area contributed by atoms with Crippen molar-refractivity contribution in [1.82, 2.24) is 20.2 Å². The Hall–Kier alpha value is -2.37. The minimum absolute atomic E-state index is 0.0396. The molecule has 2 N–H and O–H groups in total. The summed E-state index contributed by atoms with van der Waals surface area (Å²) in [5.74, 6) is 2.14. The zero-order valence-corrected chi connectivity index (χ0v) is 17.9. The van der Waals surface area contributed by atoms with E-state index in [9.17, 15) is 9.59 Å². The fourth-order valence-electron chi connectivity index (χ4n) is 5.89. The molecule has 3 aliphatic rings. The van der Waals surface area contributed by atoms with Gasteiger partial charge in [0.1, 0.15) is 0 Å². The van der Waals surface area contributed by atoms with E-state index in [1.54, 1.807) is 10.7 Å². The van der Waals surface area contributed by atoms with Gasteiger partial charge in [0.25, 0.3) is 5.91 Å². The number of carbonyl (C=O) groups excluding carboxylic acids is 2. The second-order valence-corrected chi connectivity index (χ2v) is 10.1. The molecule has 0 aliphatic heterocycles. The highest BCUT2D eigenvalue weighted by molar-refractivity contribution is 6.00. The Bertz CT molecular complexity index is 953. The fourth-order valence-corrected chi connectivity index (χ4v) is 5.89. The third kappa shape index (κ3) is 3.30. The van der Waals surface area contributed by atoms with E-state index >= 15 is 0 Å². The zero-order valence-electron chi connectivity index (χ0n) is 17.9. The first-order chi connectivity index (χ1) is 14.5. The summed E-state index contributed by atoms with van der Waals surface area (Å²) in [6.45, 7) is 5.10. The van der Waals surface area contributed by atoms with Crippen molar-refractivity contribution in [2.24, 2.45) is 29.1 Å². The van der Waals surface area contributed by atoms with Gasteiger partial charge in [0.2, 0.25) is 5.91 Å². The van der Waals surface area contributed by atoms with E-state index in [-0.39, 0.29) is 29.2 Å². The Morgan fingerprint density at radius 2 is 1.93 bits per heavy atom. The quantitative estimate of drug-likeness (QED) is 0.796. The van der Waals surface area contributed by atoms with Crippen molar-refractivity contribution >= 4 is 17.3 Å². The lowest BCUT2D eigenvalue weighted by Gasteiger charge is -2.52. The smallest absolute Gasteiger partial charge is 0.253 e. The van der Waals surface area contributed by atoms with Crippen LogP contribution in [0.5, 0.6) is 0 Å². The summed E-state index contributed by atoms with van der Waals surface area (Å²) < 4.78 is 1.72. The molecule has 3 saturated carbocycles. The van der Waals surface area contributed by atoms with Gasteiger partial charge in [-0.2, -0.15) is 5.10 Å². The second kappa shape index (κ2) is 7.40. The highest BCUT2D eigenvalue weighted by atomic mass is 16.2. The van der Waals surface area contributed by atoms with Crippen LogP contribution in [0.1, 0.15) is 62.7 Å². The van der Waals surface area contributed by atoms with Gasteiger partial charge in [0.15, 0.2) is 0 Å². The minimum atomic E-state index is -0.0558. The van der Waals surface area contributed by atoms with Gasteiger partial charge in [-0.1, -0.05) is 33.1 Å². The summed E-state index contributed by atoms with van der Waals surface area (Å²) in [6.07, 6.45) is 10.8. The van der Waals surface area contributed by atoms with Gasteiger partial charge in [-0.05, 0) is 60.6 Å². The standard InChI is InChI=1S/C24H32N4O2/c1-24(2)15(14-25-23(30)21-16-7-4-3-5-8-17(16)21)13-20(24)27-22(29)18-9-6-12-28-19(18)10-11-26-28/h6,9-12,15-17,20-21H,3-5,7-8,13-14H2,1-2H3,(H,25,30)(H,27,29)/t15?,16-,17+,20?,21?. The number of aromatic nitrogens is 2. The zero-order chi connectivity index (χ0) is 20.9. The van der Waals surface area contributed by atoms with Crippen LogP contribution < -0.4 is 10.6 Å². The first-order valence-corrected chi connectivity index (χ1v) is 11.5. The maximum atomic E-state index is 12.9. The van der Waals surface area contributed by atoms with Crippen LogP contribution in [0.25, 0.3) is 5.52 Å². The van der Waals surface area contributed by atoms with E-state index < -0.39 is 0 Å². The van der Waals surface area contributed by atoms with E-state index in [2.05, 4.69) is 29.6 Å². The molecule has 0 bridgehead atoms. The largest absolute Gasteiger partial charge is 0.356 e. The molecule has 3 aliphatic carbocycles. The summed E-state index contributed by atoms with van der Waals surface area (Å²) >= 11 is 0. The van der Waals surface area contributed by atoms with E-state index in [4.69, 9.17) is 0 Å². The molecule has 5 atom stereocenters. The second-order valence-electron chi connectivity index (χ2n) is 10.1. The molecular weight excluding hydrogens is 376 g/mol. The van der Waals surface area contributed by atoms with E-state index in [1.807, 2.05) is 24.4 Å². The molecule has 3 unspecified atom stereocenters. The number of hydrogen-bond donors (Lipinski definition) is 2. The topological polar surface area (TPSA) is 75.5 Å². The summed E-state index contributed by atoms with van der Waals surface area (Å²) in [7, 11) is 0. The van der Waals surface area contributed by atoms with Crippen molar-refractivity contribution in [3.8, 4) is 0 Å². The van der Waals surface area contributed by atoms with E-state index in [0.717, 1.165) is 11.9 Å². The lowest BCUT2D eigenvalue weighted by atomic mass is 9.58. The SMILES string of the molecule is CC1(C)C(CNC(=O)C2[C@H]3CCCCC[C@@H]23)CC1NC(=O)c1cccn2nccc12. The molecule has 5 rings (SSSR count). The van der Waals surface area contributed by atoms with Crippen LogP contribution in [0.2, 0.25) is 0 Å². The average Bonchev–Trinajstić information content (AvgIpc) is 3.28. The number of nitrogens with zero attached hydrogens (tertiary/aromatic N) is 2. The van der Waals surface area contributed by atoms with Crippen LogP contribution in [0.4, 0.5) is 0 Å². The van der Waals surface area contributed by atoms with E-state index in [0.29, 0.717) is 29.9 Å². The summed E-state index contributed by atoms with van der Waals surface area (Å²) in [5, 5.41) is 10.7. The molecule has 2 amide bonds. The molecule has 2 heterocycles. The van der Waals surface area contributed by atoms with Crippen molar-refractivity contribution in [3.63, 3.8) is 0 Å². The van der Waals surface area contributed by atoms with Crippen LogP contribution >= 0.6 is 0 Å². The molecular formula is C24H32N4O2. The van der Waals surface area contributed by atoms with Gasteiger partial charge in [0, 0.05) is 24.7 Å². The van der Waals surface area contributed by atoms with Crippen LogP contribution in [0.3, 0.4) is 0 Å². The number of hydrogen-bond acceptors (Lipinski definition) is 3. The molecule has 6 heteroatoms. The number of pyridine rings is 1. The average molecular weight is 409 g/mol. The number of nitrogens with one attached hydrogen (secondary N) is 2. The molecule has 2 aromatic heterocycles. The fraction of sp³-hybridized carbons (Fsp3) is 0.625. The Morgan fingerprint density at radius 3 is 2.67 bits per heavy atom. The number of carbonyl (C=O) groups is 2.